The fourth-order valence-corrected chi connectivity index (χ4v) is 1.79. The standard InChI is InChI=1S/C13H17N3O2/c1-8-5-10-6-11(3-4-12(10)14-8)16-13(18)15-9(2)7-17/h3-6,9,14,17H,7H2,1-2H3,(H2,15,16,18). The number of anilines is 1. The molecule has 0 radical (unpaired) electrons. The van der Waals surface area contributed by atoms with E-state index in [-0.39, 0.29) is 18.7 Å². The average Bonchev–Trinajstić information content (AvgIpc) is 2.68. The van der Waals surface area contributed by atoms with Crippen LogP contribution >= 0.6 is 0 Å². The number of H-pyrrole nitrogens is 1. The number of amides is 2. The maximum Gasteiger partial charge on any atom is 0.319 e. The van der Waals surface area contributed by atoms with E-state index in [1.807, 2.05) is 31.2 Å². The van der Waals surface area contributed by atoms with Gasteiger partial charge in [-0.2, -0.15) is 0 Å². The summed E-state index contributed by atoms with van der Waals surface area (Å²) in [7, 11) is 0. The lowest BCUT2D eigenvalue weighted by atomic mass is 10.2. The van der Waals surface area contributed by atoms with Crippen LogP contribution in [-0.4, -0.2) is 28.8 Å². The predicted octanol–water partition coefficient (Wildman–Crippen LogP) is 1.98. The molecule has 2 aromatic rings. The van der Waals surface area contributed by atoms with Crippen molar-refractivity contribution >= 4 is 22.6 Å². The Labute approximate surface area is 105 Å². The minimum absolute atomic E-state index is 0.0799. The van der Waals surface area contributed by atoms with Gasteiger partial charge in [-0.15, -0.1) is 0 Å². The van der Waals surface area contributed by atoms with Crippen LogP contribution in [0.1, 0.15) is 12.6 Å². The number of aliphatic hydroxyl groups is 1. The van der Waals surface area contributed by atoms with Gasteiger partial charge in [0.05, 0.1) is 12.6 Å². The number of aromatic nitrogens is 1. The highest BCUT2D eigenvalue weighted by Crippen LogP contribution is 2.19. The van der Waals surface area contributed by atoms with Crippen LogP contribution in [0.5, 0.6) is 0 Å². The number of hydrogen-bond acceptors (Lipinski definition) is 2. The highest BCUT2D eigenvalue weighted by Gasteiger charge is 2.06. The molecule has 5 heteroatoms. The Morgan fingerprint density at radius 3 is 2.94 bits per heavy atom. The molecule has 1 aromatic heterocycles. The number of benzene rings is 1. The van der Waals surface area contributed by atoms with Crippen molar-refractivity contribution in [3.63, 3.8) is 0 Å². The first-order valence-corrected chi connectivity index (χ1v) is 5.86. The first kappa shape index (κ1) is 12.4. The minimum Gasteiger partial charge on any atom is -0.394 e. The summed E-state index contributed by atoms with van der Waals surface area (Å²) in [5.41, 5.74) is 2.85. The number of aliphatic hydroxyl groups excluding tert-OH is 1. The van der Waals surface area contributed by atoms with E-state index in [1.54, 1.807) is 6.92 Å². The highest BCUT2D eigenvalue weighted by atomic mass is 16.3. The van der Waals surface area contributed by atoms with Gasteiger partial charge >= 0.3 is 6.03 Å². The molecule has 0 aliphatic carbocycles. The Hall–Kier alpha value is -2.01. The maximum absolute atomic E-state index is 11.6. The SMILES string of the molecule is Cc1cc2cc(NC(=O)NC(C)CO)ccc2[nH]1. The predicted molar refractivity (Wildman–Crippen MR) is 71.7 cm³/mol. The zero-order valence-corrected chi connectivity index (χ0v) is 10.4. The molecule has 0 saturated carbocycles. The number of urea groups is 1. The number of aromatic amines is 1. The molecule has 1 unspecified atom stereocenters. The molecule has 0 spiro atoms. The molecular weight excluding hydrogens is 230 g/mol. The zero-order chi connectivity index (χ0) is 13.1. The van der Waals surface area contributed by atoms with Gasteiger partial charge in [0.25, 0.3) is 0 Å². The van der Waals surface area contributed by atoms with E-state index >= 15 is 0 Å². The third-order valence-electron chi connectivity index (χ3n) is 2.66. The molecule has 0 fully saturated rings. The summed E-state index contributed by atoms with van der Waals surface area (Å²) in [5.74, 6) is 0. The number of fused-ring (bicyclic) bond motifs is 1. The molecule has 0 aliphatic rings. The molecule has 4 N–H and O–H groups in total. The molecule has 1 heterocycles. The van der Waals surface area contributed by atoms with Crippen LogP contribution < -0.4 is 10.6 Å². The summed E-state index contributed by atoms with van der Waals surface area (Å²) in [5, 5.41) is 15.3. The number of aryl methyl sites for hydroxylation is 1. The van der Waals surface area contributed by atoms with Gasteiger partial charge in [0.15, 0.2) is 0 Å². The molecule has 96 valence electrons. The van der Waals surface area contributed by atoms with Gasteiger partial charge in [-0.3, -0.25) is 0 Å². The van der Waals surface area contributed by atoms with Crippen molar-refractivity contribution < 1.29 is 9.90 Å². The van der Waals surface area contributed by atoms with E-state index in [0.717, 1.165) is 22.3 Å². The molecule has 5 nitrogen and oxygen atoms in total. The summed E-state index contributed by atoms with van der Waals surface area (Å²) < 4.78 is 0. The van der Waals surface area contributed by atoms with Crippen molar-refractivity contribution in [1.29, 1.82) is 0 Å². The Morgan fingerprint density at radius 2 is 2.22 bits per heavy atom. The monoisotopic (exact) mass is 247 g/mol. The lowest BCUT2D eigenvalue weighted by Crippen LogP contribution is -2.38. The number of rotatable bonds is 3. The zero-order valence-electron chi connectivity index (χ0n) is 10.4. The van der Waals surface area contributed by atoms with Gasteiger partial charge in [-0.05, 0) is 38.1 Å². The van der Waals surface area contributed by atoms with Gasteiger partial charge in [-0.1, -0.05) is 0 Å². The van der Waals surface area contributed by atoms with Crippen LogP contribution in [0.3, 0.4) is 0 Å². The van der Waals surface area contributed by atoms with Crippen LogP contribution in [0.15, 0.2) is 24.3 Å². The number of nitrogens with one attached hydrogen (secondary N) is 3. The topological polar surface area (TPSA) is 77.2 Å². The summed E-state index contributed by atoms with van der Waals surface area (Å²) in [6.45, 7) is 3.64. The molecule has 1 aromatic carbocycles. The third-order valence-corrected chi connectivity index (χ3v) is 2.66. The fourth-order valence-electron chi connectivity index (χ4n) is 1.79. The smallest absolute Gasteiger partial charge is 0.319 e. The van der Waals surface area contributed by atoms with Crippen LogP contribution in [0.2, 0.25) is 0 Å². The molecule has 1 atom stereocenters. The lowest BCUT2D eigenvalue weighted by Gasteiger charge is -2.11. The van der Waals surface area contributed by atoms with Crippen LogP contribution in [0.25, 0.3) is 10.9 Å². The van der Waals surface area contributed by atoms with E-state index in [1.165, 1.54) is 0 Å². The first-order valence-electron chi connectivity index (χ1n) is 5.86. The molecule has 2 amide bonds. The molecule has 0 bridgehead atoms. The molecule has 0 aliphatic heterocycles. The second kappa shape index (κ2) is 5.10. The number of carbonyl (C=O) groups is 1. The molecule has 2 rings (SSSR count). The van der Waals surface area contributed by atoms with Gasteiger partial charge in [0, 0.05) is 22.3 Å². The van der Waals surface area contributed by atoms with E-state index < -0.39 is 0 Å². The van der Waals surface area contributed by atoms with Crippen LogP contribution in [0, 0.1) is 6.92 Å². The van der Waals surface area contributed by atoms with Crippen molar-refractivity contribution in [2.75, 3.05) is 11.9 Å². The number of hydrogen-bond donors (Lipinski definition) is 4. The second-order valence-electron chi connectivity index (χ2n) is 4.44. The molecule has 0 saturated heterocycles. The van der Waals surface area contributed by atoms with Crippen molar-refractivity contribution in [2.45, 2.75) is 19.9 Å². The highest BCUT2D eigenvalue weighted by molar-refractivity contribution is 5.93. The van der Waals surface area contributed by atoms with E-state index in [0.29, 0.717) is 0 Å². The Balaban J connectivity index is 2.09. The Morgan fingerprint density at radius 1 is 1.44 bits per heavy atom. The number of carbonyl (C=O) groups excluding carboxylic acids is 1. The summed E-state index contributed by atoms with van der Waals surface area (Å²) in [6, 6.07) is 7.11. The van der Waals surface area contributed by atoms with Crippen molar-refractivity contribution in [2.24, 2.45) is 0 Å². The summed E-state index contributed by atoms with van der Waals surface area (Å²) >= 11 is 0. The Bertz CT molecular complexity index is 562. The Kier molecular flexibility index (Phi) is 3.53. The van der Waals surface area contributed by atoms with E-state index in [9.17, 15) is 4.79 Å². The van der Waals surface area contributed by atoms with Crippen LogP contribution in [0.4, 0.5) is 10.5 Å². The normalized spacial score (nSPS) is 12.4. The van der Waals surface area contributed by atoms with E-state index in [4.69, 9.17) is 5.11 Å². The van der Waals surface area contributed by atoms with E-state index in [2.05, 4.69) is 15.6 Å². The van der Waals surface area contributed by atoms with Crippen molar-refractivity contribution in [1.82, 2.24) is 10.3 Å². The quantitative estimate of drug-likeness (QED) is 0.669. The lowest BCUT2D eigenvalue weighted by molar-refractivity contribution is 0.229. The minimum atomic E-state index is -0.317. The second-order valence-corrected chi connectivity index (χ2v) is 4.44. The largest absolute Gasteiger partial charge is 0.394 e. The van der Waals surface area contributed by atoms with Gasteiger partial charge < -0.3 is 20.7 Å². The summed E-state index contributed by atoms with van der Waals surface area (Å²) in [4.78, 5) is 14.8. The van der Waals surface area contributed by atoms with Crippen molar-refractivity contribution in [3.05, 3.63) is 30.0 Å². The van der Waals surface area contributed by atoms with Gasteiger partial charge in [0.1, 0.15) is 0 Å². The fraction of sp³-hybridized carbons (Fsp3) is 0.308. The van der Waals surface area contributed by atoms with Gasteiger partial charge in [0.2, 0.25) is 0 Å². The molecule has 18 heavy (non-hydrogen) atoms. The third kappa shape index (κ3) is 2.81. The first-order chi connectivity index (χ1) is 8.58. The van der Waals surface area contributed by atoms with Crippen LogP contribution in [-0.2, 0) is 0 Å². The maximum atomic E-state index is 11.6. The van der Waals surface area contributed by atoms with Crippen molar-refractivity contribution in [3.8, 4) is 0 Å². The van der Waals surface area contributed by atoms with Gasteiger partial charge in [-0.25, -0.2) is 4.79 Å². The molecular formula is C13H17N3O2. The average molecular weight is 247 g/mol. The summed E-state index contributed by atoms with van der Waals surface area (Å²) in [6.07, 6.45) is 0.